The standard InChI is InChI=1S/C25H22F3N9O3/c1-35-13-14(10-30-35)9-29-24(39)21-19(12-31-36(21)2)34-23(38)17-11-32-37-20(25(26,27)28)8-18(33-22(17)37)15-4-6-16(40-3)7-5-15/h4-8,10-13H,9H2,1-3H3,(H,29,39)(H,34,38). The number of amides is 2. The lowest BCUT2D eigenvalue weighted by molar-refractivity contribution is -0.142. The molecule has 0 saturated carbocycles. The summed E-state index contributed by atoms with van der Waals surface area (Å²) >= 11 is 0. The quantitative estimate of drug-likeness (QED) is 0.317. The number of hydrogen-bond donors (Lipinski definition) is 2. The number of aryl methyl sites for hydroxylation is 2. The fourth-order valence-corrected chi connectivity index (χ4v) is 4.05. The second kappa shape index (κ2) is 10.2. The lowest BCUT2D eigenvalue weighted by Gasteiger charge is -2.12. The molecule has 4 heterocycles. The average molecular weight is 554 g/mol. The number of halogens is 3. The van der Waals surface area contributed by atoms with Crippen molar-refractivity contribution in [3.8, 4) is 17.0 Å². The van der Waals surface area contributed by atoms with Crippen molar-refractivity contribution in [2.24, 2.45) is 14.1 Å². The van der Waals surface area contributed by atoms with E-state index in [-0.39, 0.29) is 34.8 Å². The van der Waals surface area contributed by atoms with Crippen molar-refractivity contribution >= 4 is 23.1 Å². The third-order valence-electron chi connectivity index (χ3n) is 6.01. The van der Waals surface area contributed by atoms with Crippen molar-refractivity contribution in [3.63, 3.8) is 0 Å². The maximum absolute atomic E-state index is 14.0. The molecule has 0 unspecified atom stereocenters. The first kappa shape index (κ1) is 26.4. The Balaban J connectivity index is 1.47. The number of rotatable bonds is 7. The van der Waals surface area contributed by atoms with E-state index in [2.05, 4.69) is 30.9 Å². The van der Waals surface area contributed by atoms with Crippen LogP contribution in [0, 0.1) is 0 Å². The summed E-state index contributed by atoms with van der Waals surface area (Å²) in [6.45, 7) is 0.178. The van der Waals surface area contributed by atoms with Crippen LogP contribution in [0.5, 0.6) is 5.75 Å². The number of anilines is 1. The van der Waals surface area contributed by atoms with Crippen molar-refractivity contribution in [2.75, 3.05) is 12.4 Å². The highest BCUT2D eigenvalue weighted by Crippen LogP contribution is 2.33. The first-order valence-electron chi connectivity index (χ1n) is 11.7. The van der Waals surface area contributed by atoms with Gasteiger partial charge in [0.25, 0.3) is 11.8 Å². The third-order valence-corrected chi connectivity index (χ3v) is 6.01. The molecule has 15 heteroatoms. The summed E-state index contributed by atoms with van der Waals surface area (Å²) in [6.07, 6.45) is 0.799. The fraction of sp³-hybridized carbons (Fsp3) is 0.200. The molecule has 4 aromatic heterocycles. The van der Waals surface area contributed by atoms with E-state index >= 15 is 0 Å². The maximum Gasteiger partial charge on any atom is 0.433 e. The van der Waals surface area contributed by atoms with E-state index in [4.69, 9.17) is 4.74 Å². The monoisotopic (exact) mass is 553 g/mol. The number of hydrogen-bond acceptors (Lipinski definition) is 7. The molecule has 12 nitrogen and oxygen atoms in total. The number of methoxy groups -OCH3 is 1. The minimum Gasteiger partial charge on any atom is -0.497 e. The Bertz CT molecular complexity index is 1720. The summed E-state index contributed by atoms with van der Waals surface area (Å²) in [5, 5.41) is 17.1. The number of fused-ring (bicyclic) bond motifs is 1. The van der Waals surface area contributed by atoms with E-state index in [9.17, 15) is 22.8 Å². The largest absolute Gasteiger partial charge is 0.497 e. The molecule has 5 rings (SSSR count). The molecule has 0 aliphatic heterocycles. The molecule has 0 aliphatic carbocycles. The molecular weight excluding hydrogens is 531 g/mol. The van der Waals surface area contributed by atoms with Crippen LogP contribution < -0.4 is 15.4 Å². The van der Waals surface area contributed by atoms with Gasteiger partial charge >= 0.3 is 6.18 Å². The SMILES string of the molecule is COc1ccc(-c2cc(C(F)(F)F)n3ncc(C(=O)Nc4cnn(C)c4C(=O)NCc4cnn(C)c4)c3n2)cc1. The van der Waals surface area contributed by atoms with E-state index in [0.717, 1.165) is 17.8 Å². The lowest BCUT2D eigenvalue weighted by atomic mass is 10.1. The highest BCUT2D eigenvalue weighted by molar-refractivity contribution is 6.11. The summed E-state index contributed by atoms with van der Waals surface area (Å²) in [5.41, 5.74) is -0.450. The number of nitrogens with one attached hydrogen (secondary N) is 2. The molecule has 0 saturated heterocycles. The second-order valence-electron chi connectivity index (χ2n) is 8.74. The van der Waals surface area contributed by atoms with Crippen molar-refractivity contribution in [2.45, 2.75) is 12.7 Å². The van der Waals surface area contributed by atoms with E-state index < -0.39 is 23.7 Å². The van der Waals surface area contributed by atoms with E-state index in [0.29, 0.717) is 15.8 Å². The van der Waals surface area contributed by atoms with Crippen LogP contribution in [0.2, 0.25) is 0 Å². The maximum atomic E-state index is 14.0. The molecule has 0 aliphatic rings. The van der Waals surface area contributed by atoms with Gasteiger partial charge in [-0.3, -0.25) is 19.0 Å². The molecule has 2 amide bonds. The van der Waals surface area contributed by atoms with Crippen LogP contribution in [-0.4, -0.2) is 53.1 Å². The molecule has 0 atom stereocenters. The predicted molar refractivity (Wildman–Crippen MR) is 136 cm³/mol. The summed E-state index contributed by atoms with van der Waals surface area (Å²) < 4.78 is 50.4. The van der Waals surface area contributed by atoms with Gasteiger partial charge in [-0.2, -0.15) is 28.5 Å². The van der Waals surface area contributed by atoms with Gasteiger partial charge in [-0.1, -0.05) is 0 Å². The van der Waals surface area contributed by atoms with Crippen LogP contribution in [0.1, 0.15) is 32.1 Å². The van der Waals surface area contributed by atoms with Crippen molar-refractivity contribution in [3.05, 3.63) is 77.6 Å². The Morgan fingerprint density at radius 3 is 2.40 bits per heavy atom. The van der Waals surface area contributed by atoms with Gasteiger partial charge in [0.15, 0.2) is 11.3 Å². The van der Waals surface area contributed by atoms with Crippen LogP contribution in [0.25, 0.3) is 16.9 Å². The van der Waals surface area contributed by atoms with Gasteiger partial charge in [-0.15, -0.1) is 0 Å². The minimum absolute atomic E-state index is 0.0196. The fourth-order valence-electron chi connectivity index (χ4n) is 4.05. The van der Waals surface area contributed by atoms with Crippen LogP contribution >= 0.6 is 0 Å². The number of carbonyl (C=O) groups excluding carboxylic acids is 2. The highest BCUT2D eigenvalue weighted by Gasteiger charge is 2.36. The molecule has 0 radical (unpaired) electrons. The van der Waals surface area contributed by atoms with Crippen LogP contribution in [0.3, 0.4) is 0 Å². The second-order valence-corrected chi connectivity index (χ2v) is 8.74. The zero-order valence-electron chi connectivity index (χ0n) is 21.4. The lowest BCUT2D eigenvalue weighted by Crippen LogP contribution is -2.26. The smallest absolute Gasteiger partial charge is 0.433 e. The Kier molecular flexibility index (Phi) is 6.71. The van der Waals surface area contributed by atoms with Gasteiger partial charge in [0.05, 0.1) is 37.1 Å². The van der Waals surface area contributed by atoms with Gasteiger partial charge in [-0.05, 0) is 30.3 Å². The molecule has 2 N–H and O–H groups in total. The zero-order chi connectivity index (χ0) is 28.6. The van der Waals surface area contributed by atoms with Crippen LogP contribution in [0.4, 0.5) is 18.9 Å². The van der Waals surface area contributed by atoms with Gasteiger partial charge in [0.1, 0.15) is 17.0 Å². The first-order chi connectivity index (χ1) is 19.0. The minimum atomic E-state index is -4.79. The highest BCUT2D eigenvalue weighted by atomic mass is 19.4. The van der Waals surface area contributed by atoms with E-state index in [1.54, 1.807) is 48.4 Å². The number of aromatic nitrogens is 7. The molecule has 5 aromatic rings. The van der Waals surface area contributed by atoms with Crippen molar-refractivity contribution < 1.29 is 27.5 Å². The summed E-state index contributed by atoms with van der Waals surface area (Å²) in [4.78, 5) is 30.5. The molecule has 0 bridgehead atoms. The average Bonchev–Trinajstić information content (AvgIpc) is 3.64. The summed E-state index contributed by atoms with van der Waals surface area (Å²) in [5.74, 6) is -0.836. The normalized spacial score (nSPS) is 11.6. The molecular formula is C25H22F3N9O3. The molecule has 40 heavy (non-hydrogen) atoms. The Labute approximate surface area is 224 Å². The van der Waals surface area contributed by atoms with E-state index in [1.165, 1.54) is 25.0 Å². The summed E-state index contributed by atoms with van der Waals surface area (Å²) in [6, 6.07) is 7.14. The Hall–Kier alpha value is -5.21. The van der Waals surface area contributed by atoms with Gasteiger partial charge in [-0.25, -0.2) is 9.50 Å². The number of nitrogens with zero attached hydrogens (tertiary/aromatic N) is 7. The molecule has 0 spiro atoms. The zero-order valence-corrected chi connectivity index (χ0v) is 21.4. The van der Waals surface area contributed by atoms with E-state index in [1.807, 2.05) is 0 Å². The predicted octanol–water partition coefficient (Wildman–Crippen LogP) is 3.07. The first-order valence-corrected chi connectivity index (χ1v) is 11.7. The van der Waals surface area contributed by atoms with Crippen LogP contribution in [0.15, 0.2) is 55.1 Å². The Morgan fingerprint density at radius 2 is 1.75 bits per heavy atom. The number of benzene rings is 1. The summed E-state index contributed by atoms with van der Waals surface area (Å²) in [7, 11) is 4.73. The number of carbonyl (C=O) groups is 2. The third kappa shape index (κ3) is 5.08. The van der Waals surface area contributed by atoms with Crippen molar-refractivity contribution in [1.82, 2.24) is 39.5 Å². The molecule has 1 aromatic carbocycles. The Morgan fingerprint density at radius 1 is 1.00 bits per heavy atom. The van der Waals surface area contributed by atoms with Gasteiger partial charge in [0, 0.05) is 38.0 Å². The van der Waals surface area contributed by atoms with Crippen molar-refractivity contribution in [1.29, 1.82) is 0 Å². The number of alkyl halides is 3. The van der Waals surface area contributed by atoms with Gasteiger partial charge in [0.2, 0.25) is 0 Å². The molecule has 206 valence electrons. The topological polar surface area (TPSA) is 133 Å². The van der Waals surface area contributed by atoms with Gasteiger partial charge < -0.3 is 15.4 Å². The molecule has 0 fully saturated rings. The van der Waals surface area contributed by atoms with Crippen LogP contribution in [-0.2, 0) is 26.8 Å². The number of ether oxygens (including phenoxy) is 1.